The van der Waals surface area contributed by atoms with Crippen molar-refractivity contribution < 1.29 is 32.5 Å². The van der Waals surface area contributed by atoms with Gasteiger partial charge in [0.25, 0.3) is 0 Å². The Bertz CT molecular complexity index is 871. The maximum Gasteiger partial charge on any atom is 0.490 e. The average Bonchev–Trinajstić information content (AvgIpc) is 3.35. The van der Waals surface area contributed by atoms with E-state index < -0.39 is 12.1 Å². The summed E-state index contributed by atoms with van der Waals surface area (Å²) in [5, 5.41) is 10.3. The molecule has 32 heavy (non-hydrogen) atoms. The number of likely N-dealkylation sites (tertiary alicyclic amines) is 1. The zero-order valence-corrected chi connectivity index (χ0v) is 18.5. The summed E-state index contributed by atoms with van der Waals surface area (Å²) in [6.07, 6.45) is 2.09. The van der Waals surface area contributed by atoms with Crippen LogP contribution >= 0.6 is 11.3 Å². The number of nitrogens with zero attached hydrogens (tertiary/aromatic N) is 3. The molecule has 2 aliphatic heterocycles. The second-order valence-electron chi connectivity index (χ2n) is 7.93. The first-order chi connectivity index (χ1) is 15.2. The standard InChI is InChI=1S/C19H25N3O2S.C2HF3O2/c1-15-21-17(14-25-15)12-23-18-9-19(24-13-18)4-7-22(8-5-19)11-16-3-2-6-20-10-16;3-2(4,5)1(6)7/h2-3,6,10,14,18H,4-5,7-9,11-13H2,1H3;(H,6,7). The van der Waals surface area contributed by atoms with Gasteiger partial charge >= 0.3 is 12.1 Å². The molecule has 2 aromatic heterocycles. The number of aliphatic carboxylic acids is 1. The summed E-state index contributed by atoms with van der Waals surface area (Å²) in [6.45, 7) is 6.47. The number of halogens is 3. The fourth-order valence-corrected chi connectivity index (χ4v) is 4.40. The third-order valence-electron chi connectivity index (χ3n) is 5.45. The van der Waals surface area contributed by atoms with Gasteiger partial charge in [0.15, 0.2) is 0 Å². The van der Waals surface area contributed by atoms with Gasteiger partial charge in [-0.2, -0.15) is 13.2 Å². The quantitative estimate of drug-likeness (QED) is 0.707. The molecule has 176 valence electrons. The van der Waals surface area contributed by atoms with Crippen molar-refractivity contribution in [3.63, 3.8) is 0 Å². The monoisotopic (exact) mass is 473 g/mol. The van der Waals surface area contributed by atoms with Gasteiger partial charge in [-0.25, -0.2) is 9.78 Å². The van der Waals surface area contributed by atoms with E-state index in [2.05, 4.69) is 26.3 Å². The van der Waals surface area contributed by atoms with E-state index >= 15 is 0 Å². The minimum Gasteiger partial charge on any atom is -0.475 e. The molecule has 2 saturated heterocycles. The molecule has 0 radical (unpaired) electrons. The second-order valence-corrected chi connectivity index (χ2v) is 8.99. The van der Waals surface area contributed by atoms with E-state index in [0.29, 0.717) is 13.2 Å². The van der Waals surface area contributed by atoms with Crippen molar-refractivity contribution in [1.82, 2.24) is 14.9 Å². The van der Waals surface area contributed by atoms with Crippen LogP contribution in [-0.2, 0) is 27.4 Å². The maximum atomic E-state index is 10.6. The number of carbonyl (C=O) groups is 1. The number of aryl methyl sites for hydroxylation is 1. The van der Waals surface area contributed by atoms with Gasteiger partial charge in [-0.15, -0.1) is 11.3 Å². The van der Waals surface area contributed by atoms with E-state index in [0.717, 1.165) is 49.6 Å². The van der Waals surface area contributed by atoms with Gasteiger partial charge < -0.3 is 14.6 Å². The molecular formula is C21H26F3N3O4S. The number of thiazole rings is 1. The SMILES string of the molecule is Cc1nc(COC2COC3(CCN(Cc4cccnc4)CC3)C2)cs1.O=C(O)C(F)(F)F. The first-order valence-corrected chi connectivity index (χ1v) is 11.1. The number of carboxylic acid groups (broad SMARTS) is 1. The van der Waals surface area contributed by atoms with Crippen LogP contribution in [0.2, 0.25) is 0 Å². The molecule has 2 aromatic rings. The predicted octanol–water partition coefficient (Wildman–Crippen LogP) is 3.82. The minimum atomic E-state index is -5.08. The van der Waals surface area contributed by atoms with Crippen LogP contribution in [0.25, 0.3) is 0 Å². The summed E-state index contributed by atoms with van der Waals surface area (Å²) in [4.78, 5) is 20.1. The topological polar surface area (TPSA) is 84.8 Å². The summed E-state index contributed by atoms with van der Waals surface area (Å²) >= 11 is 1.68. The molecule has 1 unspecified atom stereocenters. The molecule has 2 aliphatic rings. The summed E-state index contributed by atoms with van der Waals surface area (Å²) in [5.41, 5.74) is 2.34. The third kappa shape index (κ3) is 7.22. The molecule has 0 saturated carbocycles. The minimum absolute atomic E-state index is 0.0219. The maximum absolute atomic E-state index is 10.6. The zero-order valence-electron chi connectivity index (χ0n) is 17.7. The van der Waals surface area contributed by atoms with Crippen LogP contribution in [0, 0.1) is 6.92 Å². The van der Waals surface area contributed by atoms with E-state index in [1.807, 2.05) is 25.4 Å². The number of hydrogen-bond donors (Lipinski definition) is 1. The average molecular weight is 474 g/mol. The van der Waals surface area contributed by atoms with Crippen molar-refractivity contribution in [3.05, 3.63) is 46.2 Å². The van der Waals surface area contributed by atoms with Crippen LogP contribution < -0.4 is 0 Å². The Morgan fingerprint density at radius 3 is 2.69 bits per heavy atom. The normalized spacial score (nSPS) is 20.7. The van der Waals surface area contributed by atoms with Crippen molar-refractivity contribution in [3.8, 4) is 0 Å². The van der Waals surface area contributed by atoms with Gasteiger partial charge in [0.1, 0.15) is 0 Å². The smallest absolute Gasteiger partial charge is 0.475 e. The molecule has 11 heteroatoms. The summed E-state index contributed by atoms with van der Waals surface area (Å²) in [7, 11) is 0. The summed E-state index contributed by atoms with van der Waals surface area (Å²) in [6, 6.07) is 4.15. The number of pyridine rings is 1. The third-order valence-corrected chi connectivity index (χ3v) is 6.27. The van der Waals surface area contributed by atoms with Gasteiger partial charge in [0.05, 0.1) is 35.6 Å². The second kappa shape index (κ2) is 10.7. The molecule has 1 atom stereocenters. The van der Waals surface area contributed by atoms with E-state index in [1.165, 1.54) is 5.56 Å². The highest BCUT2D eigenvalue weighted by molar-refractivity contribution is 7.09. The molecule has 4 rings (SSSR count). The molecular weight excluding hydrogens is 447 g/mol. The highest BCUT2D eigenvalue weighted by atomic mass is 32.1. The van der Waals surface area contributed by atoms with E-state index in [9.17, 15) is 13.2 Å². The van der Waals surface area contributed by atoms with Gasteiger partial charge in [0.2, 0.25) is 0 Å². The van der Waals surface area contributed by atoms with Crippen LogP contribution in [0.5, 0.6) is 0 Å². The summed E-state index contributed by atoms with van der Waals surface area (Å²) in [5.74, 6) is -2.76. The highest BCUT2D eigenvalue weighted by Crippen LogP contribution is 2.37. The van der Waals surface area contributed by atoms with Crippen LogP contribution in [-0.4, -0.2) is 63.5 Å². The van der Waals surface area contributed by atoms with Crippen LogP contribution in [0.15, 0.2) is 29.9 Å². The molecule has 1 spiro atoms. The molecule has 0 aromatic carbocycles. The molecule has 1 N–H and O–H groups in total. The van der Waals surface area contributed by atoms with Gasteiger partial charge in [0, 0.05) is 43.8 Å². The summed E-state index contributed by atoms with van der Waals surface area (Å²) < 4.78 is 44.0. The number of hydrogen-bond acceptors (Lipinski definition) is 7. The molecule has 0 amide bonds. The van der Waals surface area contributed by atoms with E-state index in [1.54, 1.807) is 11.3 Å². The molecule has 4 heterocycles. The number of rotatable bonds is 5. The van der Waals surface area contributed by atoms with Crippen LogP contribution in [0.4, 0.5) is 13.2 Å². The van der Waals surface area contributed by atoms with Crippen molar-refractivity contribution in [1.29, 1.82) is 0 Å². The first kappa shape index (κ1) is 24.6. The van der Waals surface area contributed by atoms with Gasteiger partial charge in [-0.3, -0.25) is 9.88 Å². The van der Waals surface area contributed by atoms with Crippen molar-refractivity contribution in [2.45, 2.75) is 57.2 Å². The van der Waals surface area contributed by atoms with Crippen molar-refractivity contribution >= 4 is 17.3 Å². The predicted molar refractivity (Wildman–Crippen MR) is 111 cm³/mol. The Kier molecular flexibility index (Phi) is 8.21. The number of alkyl halides is 3. The van der Waals surface area contributed by atoms with E-state index in [-0.39, 0.29) is 11.7 Å². The molecule has 0 aliphatic carbocycles. The number of carboxylic acids is 1. The zero-order chi connectivity index (χ0) is 23.2. The number of ether oxygens (including phenoxy) is 2. The number of piperidine rings is 1. The Morgan fingerprint density at radius 1 is 1.41 bits per heavy atom. The Hall–Kier alpha value is -2.08. The largest absolute Gasteiger partial charge is 0.490 e. The first-order valence-electron chi connectivity index (χ1n) is 10.2. The lowest BCUT2D eigenvalue weighted by atomic mass is 9.88. The van der Waals surface area contributed by atoms with Crippen LogP contribution in [0.3, 0.4) is 0 Å². The van der Waals surface area contributed by atoms with Gasteiger partial charge in [-0.05, 0) is 31.4 Å². The van der Waals surface area contributed by atoms with Gasteiger partial charge in [-0.1, -0.05) is 6.07 Å². The molecule has 7 nitrogen and oxygen atoms in total. The molecule has 2 fully saturated rings. The lowest BCUT2D eigenvalue weighted by Gasteiger charge is -2.38. The van der Waals surface area contributed by atoms with Crippen molar-refractivity contribution in [2.75, 3.05) is 19.7 Å². The Balaban J connectivity index is 0.000000360. The molecule has 0 bridgehead atoms. The highest BCUT2D eigenvalue weighted by Gasteiger charge is 2.43. The van der Waals surface area contributed by atoms with E-state index in [4.69, 9.17) is 19.4 Å². The Morgan fingerprint density at radius 2 is 2.12 bits per heavy atom. The lowest BCUT2D eigenvalue weighted by molar-refractivity contribution is -0.192. The fourth-order valence-electron chi connectivity index (χ4n) is 3.80. The van der Waals surface area contributed by atoms with Crippen molar-refractivity contribution in [2.24, 2.45) is 0 Å². The fraction of sp³-hybridized carbons (Fsp3) is 0.571. The van der Waals surface area contributed by atoms with Crippen LogP contribution in [0.1, 0.15) is 35.5 Å². The Labute approximate surface area is 188 Å². The number of aromatic nitrogens is 2. The lowest BCUT2D eigenvalue weighted by Crippen LogP contribution is -2.43.